The van der Waals surface area contributed by atoms with Gasteiger partial charge in [0, 0.05) is 11.6 Å². The van der Waals surface area contributed by atoms with Crippen molar-refractivity contribution in [2.45, 2.75) is 12.8 Å². The summed E-state index contributed by atoms with van der Waals surface area (Å²) in [5.74, 6) is -0.777. The molecule has 84 valence electrons. The lowest BCUT2D eigenvalue weighted by Crippen LogP contribution is -2.03. The van der Waals surface area contributed by atoms with Gasteiger partial charge < -0.3 is 15.6 Å². The molecule has 1 aromatic carbocycles. The van der Waals surface area contributed by atoms with Crippen molar-refractivity contribution in [1.82, 2.24) is 0 Å². The van der Waals surface area contributed by atoms with Crippen LogP contribution < -0.4 is 10.5 Å². The average Bonchev–Trinajstić information content (AvgIpc) is 2.23. The van der Waals surface area contributed by atoms with Gasteiger partial charge in [-0.15, -0.1) is 0 Å². The van der Waals surface area contributed by atoms with Crippen LogP contribution in [0, 0.1) is 5.82 Å². The fourth-order valence-corrected chi connectivity index (χ4v) is 1.51. The summed E-state index contributed by atoms with van der Waals surface area (Å²) in [6.07, 6.45) is 0.916. The van der Waals surface area contributed by atoms with Gasteiger partial charge in [0.05, 0.1) is 12.1 Å². The molecule has 0 heterocycles. The van der Waals surface area contributed by atoms with Gasteiger partial charge in [-0.05, 0) is 19.4 Å². The Morgan fingerprint density at radius 2 is 2.27 bits per heavy atom. The molecule has 3 N–H and O–H groups in total. The lowest BCUT2D eigenvalue weighted by Gasteiger charge is -2.10. The molecule has 15 heavy (non-hydrogen) atoms. The Bertz CT molecular complexity index is 358. The third kappa shape index (κ3) is 2.52. The smallest absolute Gasteiger partial charge is 0.172 e. The third-order valence-electron chi connectivity index (χ3n) is 2.10. The van der Waals surface area contributed by atoms with Gasteiger partial charge in [0.15, 0.2) is 11.6 Å². The third-order valence-corrected chi connectivity index (χ3v) is 2.39. The Labute approximate surface area is 92.6 Å². The number of phenols is 1. The molecule has 3 nitrogen and oxygen atoms in total. The van der Waals surface area contributed by atoms with E-state index >= 15 is 0 Å². The van der Waals surface area contributed by atoms with Crippen molar-refractivity contribution < 1.29 is 14.2 Å². The molecule has 0 fully saturated rings. The monoisotopic (exact) mass is 233 g/mol. The molecule has 0 unspecified atom stereocenters. The Kier molecular flexibility index (Phi) is 4.17. The van der Waals surface area contributed by atoms with Gasteiger partial charge in [-0.2, -0.15) is 0 Å². The van der Waals surface area contributed by atoms with E-state index in [9.17, 15) is 9.50 Å². The van der Waals surface area contributed by atoms with Crippen molar-refractivity contribution in [3.8, 4) is 11.5 Å². The van der Waals surface area contributed by atoms with Crippen molar-refractivity contribution in [1.29, 1.82) is 0 Å². The molecule has 1 rings (SSSR count). The SMILES string of the molecule is COc1cc(Cl)c(O)c(CCCN)c1F. The predicted octanol–water partition coefficient (Wildman–Crippen LogP) is 2.08. The summed E-state index contributed by atoms with van der Waals surface area (Å²) in [4.78, 5) is 0. The van der Waals surface area contributed by atoms with E-state index in [2.05, 4.69) is 0 Å². The first kappa shape index (κ1) is 12.1. The number of hydrogen-bond acceptors (Lipinski definition) is 3. The predicted molar refractivity (Wildman–Crippen MR) is 57.0 cm³/mol. The Balaban J connectivity index is 3.15. The first-order chi connectivity index (χ1) is 7.11. The lowest BCUT2D eigenvalue weighted by molar-refractivity contribution is 0.378. The molecule has 0 aliphatic carbocycles. The van der Waals surface area contributed by atoms with Crippen LogP contribution in [0.3, 0.4) is 0 Å². The lowest BCUT2D eigenvalue weighted by atomic mass is 10.1. The van der Waals surface area contributed by atoms with Gasteiger partial charge in [-0.25, -0.2) is 4.39 Å². The van der Waals surface area contributed by atoms with E-state index in [4.69, 9.17) is 22.1 Å². The van der Waals surface area contributed by atoms with Gasteiger partial charge >= 0.3 is 0 Å². The maximum atomic E-state index is 13.7. The van der Waals surface area contributed by atoms with E-state index in [1.54, 1.807) is 0 Å². The van der Waals surface area contributed by atoms with Crippen LogP contribution in [0.1, 0.15) is 12.0 Å². The zero-order valence-electron chi connectivity index (χ0n) is 8.39. The number of benzene rings is 1. The molecule has 0 amide bonds. The second-order valence-corrected chi connectivity index (χ2v) is 3.50. The van der Waals surface area contributed by atoms with Crippen LogP contribution >= 0.6 is 11.6 Å². The Morgan fingerprint density at radius 1 is 1.60 bits per heavy atom. The summed E-state index contributed by atoms with van der Waals surface area (Å²) < 4.78 is 18.5. The molecule has 1 aromatic rings. The zero-order valence-corrected chi connectivity index (χ0v) is 9.14. The highest BCUT2D eigenvalue weighted by Gasteiger charge is 2.16. The van der Waals surface area contributed by atoms with E-state index in [0.29, 0.717) is 19.4 Å². The van der Waals surface area contributed by atoms with Crippen LogP contribution in [0.4, 0.5) is 4.39 Å². The quantitative estimate of drug-likeness (QED) is 0.837. The largest absolute Gasteiger partial charge is 0.506 e. The van der Waals surface area contributed by atoms with E-state index in [1.165, 1.54) is 13.2 Å². The molecule has 0 aromatic heterocycles. The number of ether oxygens (including phenoxy) is 1. The summed E-state index contributed by atoms with van der Waals surface area (Å²) >= 11 is 5.72. The maximum Gasteiger partial charge on any atom is 0.172 e. The number of rotatable bonds is 4. The van der Waals surface area contributed by atoms with E-state index in [-0.39, 0.29) is 22.1 Å². The minimum Gasteiger partial charge on any atom is -0.506 e. The average molecular weight is 234 g/mol. The van der Waals surface area contributed by atoms with Gasteiger partial charge in [-0.1, -0.05) is 11.6 Å². The zero-order chi connectivity index (χ0) is 11.4. The summed E-state index contributed by atoms with van der Waals surface area (Å²) in [5.41, 5.74) is 5.47. The minimum absolute atomic E-state index is 0.0322. The van der Waals surface area contributed by atoms with Crippen LogP contribution in [0.5, 0.6) is 11.5 Å². The maximum absolute atomic E-state index is 13.7. The van der Waals surface area contributed by atoms with Crippen molar-refractivity contribution in [3.05, 3.63) is 22.5 Å². The molecule has 5 heteroatoms. The fraction of sp³-hybridized carbons (Fsp3) is 0.400. The summed E-state index contributed by atoms with van der Waals surface area (Å²) in [6, 6.07) is 1.25. The van der Waals surface area contributed by atoms with Gasteiger partial charge in [-0.3, -0.25) is 0 Å². The normalized spacial score (nSPS) is 10.4. The highest BCUT2D eigenvalue weighted by molar-refractivity contribution is 6.32. The second kappa shape index (κ2) is 5.19. The van der Waals surface area contributed by atoms with Crippen LogP contribution in [0.25, 0.3) is 0 Å². The number of phenolic OH excluding ortho intramolecular Hbond substituents is 1. The van der Waals surface area contributed by atoms with Crippen molar-refractivity contribution in [3.63, 3.8) is 0 Å². The molecule has 0 radical (unpaired) electrons. The molecule has 0 bridgehead atoms. The molecule has 0 saturated heterocycles. The Morgan fingerprint density at radius 3 is 2.80 bits per heavy atom. The highest BCUT2D eigenvalue weighted by Crippen LogP contribution is 2.36. The number of nitrogens with two attached hydrogens (primary N) is 1. The van der Waals surface area contributed by atoms with E-state index in [1.807, 2.05) is 0 Å². The minimum atomic E-state index is -0.576. The van der Waals surface area contributed by atoms with Crippen LogP contribution in [-0.4, -0.2) is 18.8 Å². The summed E-state index contributed by atoms with van der Waals surface area (Å²) in [5, 5.41) is 9.64. The summed E-state index contributed by atoms with van der Waals surface area (Å²) in [7, 11) is 1.35. The second-order valence-electron chi connectivity index (χ2n) is 3.09. The first-order valence-corrected chi connectivity index (χ1v) is 4.93. The van der Waals surface area contributed by atoms with Crippen molar-refractivity contribution in [2.24, 2.45) is 5.73 Å². The van der Waals surface area contributed by atoms with Crippen LogP contribution in [0.2, 0.25) is 5.02 Å². The summed E-state index contributed by atoms with van der Waals surface area (Å²) in [6.45, 7) is 0.424. The number of aromatic hydroxyl groups is 1. The highest BCUT2D eigenvalue weighted by atomic mass is 35.5. The number of methoxy groups -OCH3 is 1. The van der Waals surface area contributed by atoms with Gasteiger partial charge in [0.2, 0.25) is 0 Å². The molecule has 0 aliphatic rings. The van der Waals surface area contributed by atoms with Crippen molar-refractivity contribution >= 4 is 11.6 Å². The van der Waals surface area contributed by atoms with E-state index in [0.717, 1.165) is 0 Å². The van der Waals surface area contributed by atoms with Crippen molar-refractivity contribution in [2.75, 3.05) is 13.7 Å². The van der Waals surface area contributed by atoms with Crippen LogP contribution in [-0.2, 0) is 6.42 Å². The molecule has 0 saturated carbocycles. The molecule has 0 spiro atoms. The number of halogens is 2. The van der Waals surface area contributed by atoms with Crippen LogP contribution in [0.15, 0.2) is 6.07 Å². The molecular formula is C10H13ClFNO2. The first-order valence-electron chi connectivity index (χ1n) is 4.55. The van der Waals surface area contributed by atoms with Gasteiger partial charge in [0.1, 0.15) is 5.75 Å². The molecule has 0 atom stereocenters. The number of hydrogen-bond donors (Lipinski definition) is 2. The standard InChI is InChI=1S/C10H13ClFNO2/c1-15-8-5-7(11)10(14)6(9(8)12)3-2-4-13/h5,14H,2-4,13H2,1H3. The molecular weight excluding hydrogens is 221 g/mol. The molecule has 0 aliphatic heterocycles. The van der Waals surface area contributed by atoms with Gasteiger partial charge in [0.25, 0.3) is 0 Å². The topological polar surface area (TPSA) is 55.5 Å². The Hall–Kier alpha value is -1.00. The van der Waals surface area contributed by atoms with E-state index < -0.39 is 5.82 Å². The fourth-order valence-electron chi connectivity index (χ4n) is 1.30.